The van der Waals surface area contributed by atoms with Gasteiger partial charge in [-0.3, -0.25) is 9.97 Å². The van der Waals surface area contributed by atoms with Gasteiger partial charge in [0, 0.05) is 45.9 Å². The van der Waals surface area contributed by atoms with Crippen LogP contribution in [0.5, 0.6) is 0 Å². The summed E-state index contributed by atoms with van der Waals surface area (Å²) in [6, 6.07) is 2.80. The average Bonchev–Trinajstić information content (AvgIpc) is 3.40. The maximum absolute atomic E-state index is 10.7. The van der Waals surface area contributed by atoms with Crippen LogP contribution in [-0.4, -0.2) is 61.6 Å². The van der Waals surface area contributed by atoms with Crippen molar-refractivity contribution in [1.29, 1.82) is 0 Å². The van der Waals surface area contributed by atoms with E-state index in [4.69, 9.17) is 10.2 Å². The van der Waals surface area contributed by atoms with E-state index in [-0.39, 0.29) is 32.5 Å². The molecule has 29 heavy (non-hydrogen) atoms. The van der Waals surface area contributed by atoms with Crippen molar-refractivity contribution in [3.8, 4) is 11.6 Å². The maximum atomic E-state index is 10.7. The molecule has 0 aromatic carbocycles. The molecule has 4 heterocycles. The van der Waals surface area contributed by atoms with Crippen molar-refractivity contribution >= 4 is 11.9 Å². The normalized spacial score (nSPS) is 9.66. The standard InChI is InChI=1S/2C8H6N4O2.Pt/c2*13-8(14)6-1-2-11-12(6)7-5-9-3-4-10-7;/h2*1-5H,(H,13,14);. The third-order valence-electron chi connectivity index (χ3n) is 3.26. The first-order chi connectivity index (χ1) is 13.6. The van der Waals surface area contributed by atoms with Crippen LogP contribution >= 0.6 is 0 Å². The van der Waals surface area contributed by atoms with Gasteiger partial charge in [0.1, 0.15) is 0 Å². The number of aromatic carboxylic acids is 2. The maximum Gasteiger partial charge on any atom is 0.354 e. The van der Waals surface area contributed by atoms with Crippen LogP contribution in [0.25, 0.3) is 11.6 Å². The number of carboxylic acid groups (broad SMARTS) is 2. The zero-order chi connectivity index (χ0) is 19.9. The van der Waals surface area contributed by atoms with E-state index >= 15 is 0 Å². The van der Waals surface area contributed by atoms with Crippen molar-refractivity contribution in [2.24, 2.45) is 0 Å². The summed E-state index contributed by atoms with van der Waals surface area (Å²) in [6.45, 7) is 0. The Labute approximate surface area is 177 Å². The molecule has 0 spiro atoms. The van der Waals surface area contributed by atoms with Crippen molar-refractivity contribution in [2.75, 3.05) is 0 Å². The third-order valence-corrected chi connectivity index (χ3v) is 3.26. The van der Waals surface area contributed by atoms with Crippen molar-refractivity contribution in [1.82, 2.24) is 39.5 Å². The Morgan fingerprint density at radius 1 is 0.690 bits per heavy atom. The number of hydrogen-bond acceptors (Lipinski definition) is 8. The topological polar surface area (TPSA) is 162 Å². The van der Waals surface area contributed by atoms with E-state index in [0.717, 1.165) is 0 Å². The van der Waals surface area contributed by atoms with Crippen molar-refractivity contribution in [3.05, 3.63) is 73.1 Å². The quantitative estimate of drug-likeness (QED) is 0.355. The molecular weight excluding hydrogens is 563 g/mol. The molecule has 13 heteroatoms. The molecule has 0 saturated heterocycles. The molecule has 4 aromatic heterocycles. The minimum atomic E-state index is -1.05. The molecule has 0 unspecified atom stereocenters. The van der Waals surface area contributed by atoms with E-state index in [1.165, 1.54) is 71.1 Å². The van der Waals surface area contributed by atoms with E-state index < -0.39 is 11.9 Å². The summed E-state index contributed by atoms with van der Waals surface area (Å²) in [6.07, 6.45) is 11.7. The summed E-state index contributed by atoms with van der Waals surface area (Å²) in [7, 11) is 0. The Bertz CT molecular complexity index is 997. The van der Waals surface area contributed by atoms with Gasteiger partial charge in [0.05, 0.1) is 24.8 Å². The molecule has 0 atom stereocenters. The number of nitrogens with zero attached hydrogens (tertiary/aromatic N) is 8. The molecule has 0 amide bonds. The first-order valence-corrected chi connectivity index (χ1v) is 7.65. The first-order valence-electron chi connectivity index (χ1n) is 7.65. The zero-order valence-corrected chi connectivity index (χ0v) is 16.7. The summed E-state index contributed by atoms with van der Waals surface area (Å²) in [5, 5.41) is 25.3. The van der Waals surface area contributed by atoms with Gasteiger partial charge in [-0.25, -0.2) is 28.9 Å². The molecule has 0 saturated carbocycles. The van der Waals surface area contributed by atoms with Gasteiger partial charge >= 0.3 is 11.9 Å². The minimum absolute atomic E-state index is 0. The first kappa shape index (κ1) is 21.5. The van der Waals surface area contributed by atoms with E-state index in [2.05, 4.69) is 30.1 Å². The van der Waals surface area contributed by atoms with Crippen LogP contribution in [0.15, 0.2) is 61.7 Å². The summed E-state index contributed by atoms with van der Waals surface area (Å²) < 4.78 is 2.44. The summed E-state index contributed by atoms with van der Waals surface area (Å²) >= 11 is 0. The molecule has 0 radical (unpaired) electrons. The summed E-state index contributed by atoms with van der Waals surface area (Å²) in [5.74, 6) is -1.33. The molecule has 0 fully saturated rings. The Kier molecular flexibility index (Phi) is 7.38. The molecule has 0 bridgehead atoms. The SMILES string of the molecule is O=C(O)c1ccnn1-c1cnccn1.O=C(O)c1ccnn1-c1cnccn1.[Pt]. The van der Waals surface area contributed by atoms with Crippen LogP contribution in [0.1, 0.15) is 21.0 Å². The second-order valence-electron chi connectivity index (χ2n) is 4.99. The molecule has 0 aliphatic heterocycles. The Morgan fingerprint density at radius 3 is 1.41 bits per heavy atom. The van der Waals surface area contributed by atoms with E-state index in [1.807, 2.05) is 0 Å². The summed E-state index contributed by atoms with van der Waals surface area (Å²) in [5.41, 5.74) is 0.121. The van der Waals surface area contributed by atoms with Crippen LogP contribution in [0.2, 0.25) is 0 Å². The van der Waals surface area contributed by atoms with Gasteiger partial charge < -0.3 is 10.2 Å². The third kappa shape index (κ3) is 5.14. The number of hydrogen-bond donors (Lipinski definition) is 2. The zero-order valence-electron chi connectivity index (χ0n) is 14.4. The van der Waals surface area contributed by atoms with Gasteiger partial charge in [-0.15, -0.1) is 0 Å². The second-order valence-corrected chi connectivity index (χ2v) is 4.99. The van der Waals surface area contributed by atoms with E-state index in [0.29, 0.717) is 11.6 Å². The second kappa shape index (κ2) is 9.95. The van der Waals surface area contributed by atoms with Crippen molar-refractivity contribution < 1.29 is 40.9 Å². The fourth-order valence-electron chi connectivity index (χ4n) is 2.10. The average molecular weight is 575 g/mol. The molecule has 0 aliphatic carbocycles. The molecule has 0 aliphatic rings. The van der Waals surface area contributed by atoms with Crippen LogP contribution in [-0.2, 0) is 21.1 Å². The predicted molar refractivity (Wildman–Crippen MR) is 92.2 cm³/mol. The van der Waals surface area contributed by atoms with Crippen molar-refractivity contribution in [2.45, 2.75) is 0 Å². The Balaban J connectivity index is 0.000000200. The van der Waals surface area contributed by atoms with Crippen LogP contribution in [0.3, 0.4) is 0 Å². The number of carboxylic acids is 2. The van der Waals surface area contributed by atoms with Crippen LogP contribution in [0, 0.1) is 0 Å². The van der Waals surface area contributed by atoms with Gasteiger partial charge in [-0.1, -0.05) is 0 Å². The van der Waals surface area contributed by atoms with Crippen molar-refractivity contribution in [3.63, 3.8) is 0 Å². The van der Waals surface area contributed by atoms with Crippen LogP contribution in [0.4, 0.5) is 0 Å². The monoisotopic (exact) mass is 575 g/mol. The molecule has 12 nitrogen and oxygen atoms in total. The van der Waals surface area contributed by atoms with Gasteiger partial charge in [-0.05, 0) is 12.1 Å². The molecular formula is C16H12N8O4Pt. The fourth-order valence-corrected chi connectivity index (χ4v) is 2.10. The van der Waals surface area contributed by atoms with Crippen LogP contribution < -0.4 is 0 Å². The van der Waals surface area contributed by atoms with Gasteiger partial charge in [0.15, 0.2) is 23.0 Å². The number of rotatable bonds is 4. The minimum Gasteiger partial charge on any atom is -0.477 e. The van der Waals surface area contributed by atoms with E-state index in [1.54, 1.807) is 0 Å². The van der Waals surface area contributed by atoms with E-state index in [9.17, 15) is 9.59 Å². The summed E-state index contributed by atoms with van der Waals surface area (Å²) in [4.78, 5) is 37.0. The number of aromatic nitrogens is 8. The largest absolute Gasteiger partial charge is 0.477 e. The Hall–Kier alpha value is -3.79. The van der Waals surface area contributed by atoms with Gasteiger partial charge in [-0.2, -0.15) is 10.2 Å². The molecule has 150 valence electrons. The molecule has 4 rings (SSSR count). The van der Waals surface area contributed by atoms with Gasteiger partial charge in [0.25, 0.3) is 0 Å². The smallest absolute Gasteiger partial charge is 0.354 e. The molecule has 4 aromatic rings. The number of carbonyl (C=O) groups is 2. The fraction of sp³-hybridized carbons (Fsp3) is 0. The Morgan fingerprint density at radius 2 is 1.10 bits per heavy atom. The predicted octanol–water partition coefficient (Wildman–Crippen LogP) is 0.718. The van der Waals surface area contributed by atoms with Gasteiger partial charge in [0.2, 0.25) is 0 Å². The molecule has 2 N–H and O–H groups in total.